The third-order valence-corrected chi connectivity index (χ3v) is 4.27. The first-order chi connectivity index (χ1) is 9.63. The molecule has 0 saturated heterocycles. The van der Waals surface area contributed by atoms with Gasteiger partial charge in [-0.15, -0.1) is 11.3 Å². The second kappa shape index (κ2) is 5.34. The third kappa shape index (κ3) is 2.59. The molecule has 1 aliphatic rings. The number of hydrogen-bond donors (Lipinski definition) is 1. The number of fused-ring (bicyclic) bond motifs is 1. The fourth-order valence-corrected chi connectivity index (χ4v) is 2.92. The van der Waals surface area contributed by atoms with E-state index in [9.17, 15) is 4.79 Å². The quantitative estimate of drug-likeness (QED) is 0.942. The molecule has 1 N–H and O–H groups in total. The number of halogens is 1. The zero-order valence-corrected chi connectivity index (χ0v) is 12.3. The fourth-order valence-electron chi connectivity index (χ4n) is 1.97. The van der Waals surface area contributed by atoms with E-state index in [-0.39, 0.29) is 18.7 Å². The van der Waals surface area contributed by atoms with Crippen LogP contribution in [-0.2, 0) is 0 Å². The highest BCUT2D eigenvalue weighted by atomic mass is 35.5. The molecule has 0 bridgehead atoms. The molecule has 1 aliphatic heterocycles. The number of thiophene rings is 1. The molecule has 6 heteroatoms. The molecule has 0 unspecified atom stereocenters. The number of ether oxygens (including phenoxy) is 2. The molecule has 1 amide bonds. The second-order valence-electron chi connectivity index (χ2n) is 4.41. The van der Waals surface area contributed by atoms with E-state index in [4.69, 9.17) is 21.1 Å². The van der Waals surface area contributed by atoms with Crippen molar-refractivity contribution in [3.63, 3.8) is 0 Å². The molecule has 0 spiro atoms. The predicted molar refractivity (Wildman–Crippen MR) is 77.8 cm³/mol. The summed E-state index contributed by atoms with van der Waals surface area (Å²) in [6.45, 7) is 2.16. The van der Waals surface area contributed by atoms with Crippen LogP contribution in [0.15, 0.2) is 30.3 Å². The number of hydrogen-bond acceptors (Lipinski definition) is 4. The minimum absolute atomic E-state index is 0.127. The van der Waals surface area contributed by atoms with Gasteiger partial charge < -0.3 is 14.8 Å². The van der Waals surface area contributed by atoms with Gasteiger partial charge in [0.25, 0.3) is 5.91 Å². The molecule has 1 aromatic heterocycles. The van der Waals surface area contributed by atoms with Crippen LogP contribution in [0.4, 0.5) is 0 Å². The van der Waals surface area contributed by atoms with Gasteiger partial charge in [-0.05, 0) is 36.8 Å². The highest BCUT2D eigenvalue weighted by molar-refractivity contribution is 7.17. The molecule has 2 heterocycles. The minimum atomic E-state index is -0.132. The summed E-state index contributed by atoms with van der Waals surface area (Å²) in [6.07, 6.45) is 0. The van der Waals surface area contributed by atoms with Crippen molar-refractivity contribution in [1.82, 2.24) is 5.32 Å². The van der Waals surface area contributed by atoms with Gasteiger partial charge in [-0.3, -0.25) is 4.79 Å². The number of rotatable bonds is 3. The molecule has 0 radical (unpaired) electrons. The molecule has 0 aliphatic carbocycles. The Labute approximate surface area is 125 Å². The normalized spacial score (nSPS) is 14.1. The monoisotopic (exact) mass is 309 g/mol. The van der Waals surface area contributed by atoms with Gasteiger partial charge in [-0.1, -0.05) is 17.7 Å². The van der Waals surface area contributed by atoms with Gasteiger partial charge in [0.1, 0.15) is 0 Å². The maximum Gasteiger partial charge on any atom is 0.261 e. The summed E-state index contributed by atoms with van der Waals surface area (Å²) in [5.41, 5.74) is 0.963. The van der Waals surface area contributed by atoms with Crippen molar-refractivity contribution < 1.29 is 14.3 Å². The first-order valence-corrected chi connectivity index (χ1v) is 7.28. The van der Waals surface area contributed by atoms with Crippen LogP contribution in [0.25, 0.3) is 0 Å². The lowest BCUT2D eigenvalue weighted by Gasteiger charge is -2.14. The first-order valence-electron chi connectivity index (χ1n) is 6.09. The Morgan fingerprint density at radius 2 is 2.10 bits per heavy atom. The SMILES string of the molecule is C[C@H](NC(=O)c1ccc(Cl)s1)c1ccc2c(c1)OCO2. The Morgan fingerprint density at radius 1 is 1.30 bits per heavy atom. The van der Waals surface area contributed by atoms with E-state index in [0.717, 1.165) is 11.3 Å². The molecule has 104 valence electrons. The molecule has 3 rings (SSSR count). The maximum atomic E-state index is 12.1. The Kier molecular flexibility index (Phi) is 3.54. The Morgan fingerprint density at radius 3 is 2.85 bits per heavy atom. The van der Waals surface area contributed by atoms with Crippen molar-refractivity contribution in [3.05, 3.63) is 45.1 Å². The van der Waals surface area contributed by atoms with Gasteiger partial charge in [-0.25, -0.2) is 0 Å². The lowest BCUT2D eigenvalue weighted by molar-refractivity contribution is 0.0944. The Balaban J connectivity index is 1.73. The van der Waals surface area contributed by atoms with Crippen LogP contribution < -0.4 is 14.8 Å². The van der Waals surface area contributed by atoms with Gasteiger partial charge in [0.15, 0.2) is 11.5 Å². The zero-order chi connectivity index (χ0) is 14.1. The maximum absolute atomic E-state index is 12.1. The lowest BCUT2D eigenvalue weighted by atomic mass is 10.1. The third-order valence-electron chi connectivity index (χ3n) is 3.04. The van der Waals surface area contributed by atoms with E-state index in [1.165, 1.54) is 11.3 Å². The highest BCUT2D eigenvalue weighted by Crippen LogP contribution is 2.34. The van der Waals surface area contributed by atoms with Crippen LogP contribution >= 0.6 is 22.9 Å². The van der Waals surface area contributed by atoms with E-state index in [1.807, 2.05) is 25.1 Å². The molecule has 4 nitrogen and oxygen atoms in total. The average molecular weight is 310 g/mol. The van der Waals surface area contributed by atoms with Crippen LogP contribution in [0, 0.1) is 0 Å². The topological polar surface area (TPSA) is 47.6 Å². The fraction of sp³-hybridized carbons (Fsp3) is 0.214. The van der Waals surface area contributed by atoms with Crippen LogP contribution in [0.1, 0.15) is 28.2 Å². The van der Waals surface area contributed by atoms with Crippen molar-refractivity contribution in [2.24, 2.45) is 0 Å². The van der Waals surface area contributed by atoms with Gasteiger partial charge in [0.05, 0.1) is 15.3 Å². The first kappa shape index (κ1) is 13.3. The summed E-state index contributed by atoms with van der Waals surface area (Å²) < 4.78 is 11.2. The van der Waals surface area contributed by atoms with E-state index >= 15 is 0 Å². The Hall–Kier alpha value is -1.72. The number of carbonyl (C=O) groups is 1. The van der Waals surface area contributed by atoms with Gasteiger partial charge >= 0.3 is 0 Å². The molecular weight excluding hydrogens is 298 g/mol. The molecule has 1 atom stereocenters. The predicted octanol–water partition coefficient (Wildman–Crippen LogP) is 3.62. The molecule has 2 aromatic rings. The van der Waals surface area contributed by atoms with Gasteiger partial charge in [-0.2, -0.15) is 0 Å². The van der Waals surface area contributed by atoms with Crippen molar-refractivity contribution in [2.45, 2.75) is 13.0 Å². The van der Waals surface area contributed by atoms with Crippen LogP contribution in [0.3, 0.4) is 0 Å². The summed E-state index contributed by atoms with van der Waals surface area (Å²) in [4.78, 5) is 12.7. The number of carbonyl (C=O) groups excluding carboxylic acids is 1. The van der Waals surface area contributed by atoms with E-state index < -0.39 is 0 Å². The van der Waals surface area contributed by atoms with Crippen molar-refractivity contribution >= 4 is 28.8 Å². The van der Waals surface area contributed by atoms with Crippen LogP contribution in [0.5, 0.6) is 11.5 Å². The second-order valence-corrected chi connectivity index (χ2v) is 6.13. The standard InChI is InChI=1S/C14H12ClNO3S/c1-8(16-14(17)12-4-5-13(15)20-12)9-2-3-10-11(6-9)19-7-18-10/h2-6,8H,7H2,1H3,(H,16,17)/t8-/m0/s1. The van der Waals surface area contributed by atoms with Crippen molar-refractivity contribution in [1.29, 1.82) is 0 Å². The van der Waals surface area contributed by atoms with Gasteiger partial charge in [0.2, 0.25) is 6.79 Å². The molecule has 0 saturated carbocycles. The molecule has 20 heavy (non-hydrogen) atoms. The van der Waals surface area contributed by atoms with E-state index in [0.29, 0.717) is 15.0 Å². The molecule has 1 aromatic carbocycles. The minimum Gasteiger partial charge on any atom is -0.454 e. The number of benzene rings is 1. The Bertz CT molecular complexity index is 656. The molecule has 0 fully saturated rings. The average Bonchev–Trinajstić information content (AvgIpc) is 3.05. The van der Waals surface area contributed by atoms with Crippen molar-refractivity contribution in [2.75, 3.05) is 6.79 Å². The van der Waals surface area contributed by atoms with Crippen molar-refractivity contribution in [3.8, 4) is 11.5 Å². The highest BCUT2D eigenvalue weighted by Gasteiger charge is 2.17. The van der Waals surface area contributed by atoms with Gasteiger partial charge in [0, 0.05) is 0 Å². The zero-order valence-electron chi connectivity index (χ0n) is 10.7. The summed E-state index contributed by atoms with van der Waals surface area (Å²) in [6, 6.07) is 8.95. The smallest absolute Gasteiger partial charge is 0.261 e. The number of nitrogens with one attached hydrogen (secondary N) is 1. The van der Waals surface area contributed by atoms with Crippen LogP contribution in [-0.4, -0.2) is 12.7 Å². The van der Waals surface area contributed by atoms with E-state index in [1.54, 1.807) is 12.1 Å². The van der Waals surface area contributed by atoms with Crippen LogP contribution in [0.2, 0.25) is 4.34 Å². The number of amides is 1. The molecular formula is C14H12ClNO3S. The summed E-state index contributed by atoms with van der Waals surface area (Å²) in [7, 11) is 0. The lowest BCUT2D eigenvalue weighted by Crippen LogP contribution is -2.25. The summed E-state index contributed by atoms with van der Waals surface area (Å²) >= 11 is 7.09. The summed E-state index contributed by atoms with van der Waals surface area (Å²) in [5.74, 6) is 1.31. The largest absolute Gasteiger partial charge is 0.454 e. The summed E-state index contributed by atoms with van der Waals surface area (Å²) in [5, 5.41) is 2.93. The van der Waals surface area contributed by atoms with E-state index in [2.05, 4.69) is 5.32 Å².